The summed E-state index contributed by atoms with van der Waals surface area (Å²) in [5, 5.41) is 10.8. The molecule has 3 aromatic rings. The van der Waals surface area contributed by atoms with Crippen LogP contribution in [-0.2, 0) is 6.54 Å². The van der Waals surface area contributed by atoms with Gasteiger partial charge in [-0.2, -0.15) is 10.1 Å². The molecule has 2 aromatic heterocycles. The van der Waals surface area contributed by atoms with Crippen molar-refractivity contribution in [2.75, 3.05) is 38.9 Å². The Hall–Kier alpha value is -3.13. The van der Waals surface area contributed by atoms with Gasteiger partial charge in [-0.3, -0.25) is 0 Å². The highest BCUT2D eigenvalue weighted by molar-refractivity contribution is 5.63. The van der Waals surface area contributed by atoms with Crippen molar-refractivity contribution in [3.05, 3.63) is 47.9 Å². The largest absolute Gasteiger partial charge is 0.494 e. The lowest BCUT2D eigenvalue weighted by Crippen LogP contribution is -2.09. The van der Waals surface area contributed by atoms with E-state index in [1.165, 1.54) is 0 Å². The minimum atomic E-state index is 0.532. The third-order valence-corrected chi connectivity index (χ3v) is 3.93. The summed E-state index contributed by atoms with van der Waals surface area (Å²) < 4.78 is 7.33. The molecule has 0 unspecified atom stereocenters. The lowest BCUT2D eigenvalue weighted by Gasteiger charge is -2.12. The molecule has 0 radical (unpaired) electrons. The molecule has 27 heavy (non-hydrogen) atoms. The average Bonchev–Trinajstić information content (AvgIpc) is 3.08. The van der Waals surface area contributed by atoms with Crippen molar-refractivity contribution in [1.82, 2.24) is 24.6 Å². The van der Waals surface area contributed by atoms with Gasteiger partial charge in [-0.05, 0) is 39.2 Å². The highest BCUT2D eigenvalue weighted by Crippen LogP contribution is 2.27. The number of anilines is 3. The summed E-state index contributed by atoms with van der Waals surface area (Å²) in [5.74, 6) is 2.03. The predicted octanol–water partition coefficient (Wildman–Crippen LogP) is 2.83. The van der Waals surface area contributed by atoms with Crippen LogP contribution < -0.4 is 15.4 Å². The van der Waals surface area contributed by atoms with Crippen LogP contribution in [0.25, 0.3) is 5.69 Å². The van der Waals surface area contributed by atoms with Gasteiger partial charge in [0.2, 0.25) is 5.95 Å². The van der Waals surface area contributed by atoms with E-state index in [1.807, 2.05) is 69.4 Å². The standard InChI is InChI=1S/C19H25N7O/c1-13-8-18(20-2)24-19(22-13)23-15-6-7-17(27-5)16(9-15)26-12-14(10-21-26)11-25(3)4/h6-10,12H,11H2,1-5H3,(H2,20,22,23,24). The van der Waals surface area contributed by atoms with Gasteiger partial charge < -0.3 is 20.3 Å². The van der Waals surface area contributed by atoms with E-state index in [9.17, 15) is 0 Å². The van der Waals surface area contributed by atoms with Gasteiger partial charge in [0.15, 0.2) is 0 Å². The Morgan fingerprint density at radius 2 is 2.00 bits per heavy atom. The number of methoxy groups -OCH3 is 1. The van der Waals surface area contributed by atoms with E-state index in [0.717, 1.165) is 40.7 Å². The van der Waals surface area contributed by atoms with Crippen molar-refractivity contribution in [3.63, 3.8) is 0 Å². The molecule has 2 N–H and O–H groups in total. The molecule has 8 heteroatoms. The van der Waals surface area contributed by atoms with Crippen LogP contribution in [-0.4, -0.2) is 52.9 Å². The molecule has 0 aliphatic carbocycles. The van der Waals surface area contributed by atoms with Gasteiger partial charge in [-0.15, -0.1) is 0 Å². The summed E-state index contributed by atoms with van der Waals surface area (Å²) in [7, 11) is 7.55. The zero-order valence-electron chi connectivity index (χ0n) is 16.3. The maximum Gasteiger partial charge on any atom is 0.229 e. The molecule has 0 amide bonds. The monoisotopic (exact) mass is 367 g/mol. The van der Waals surface area contributed by atoms with E-state index in [1.54, 1.807) is 7.11 Å². The Morgan fingerprint density at radius 1 is 1.19 bits per heavy atom. The first-order chi connectivity index (χ1) is 13.0. The first kappa shape index (κ1) is 18.7. The van der Waals surface area contributed by atoms with Crippen molar-refractivity contribution >= 4 is 17.5 Å². The summed E-state index contributed by atoms with van der Waals surface area (Å²) in [6.45, 7) is 2.76. The van der Waals surface area contributed by atoms with Crippen LogP contribution >= 0.6 is 0 Å². The minimum absolute atomic E-state index is 0.532. The number of nitrogens with one attached hydrogen (secondary N) is 2. The molecule has 3 rings (SSSR count). The fourth-order valence-corrected chi connectivity index (χ4v) is 2.77. The number of aromatic nitrogens is 4. The van der Waals surface area contributed by atoms with Crippen LogP contribution in [0.3, 0.4) is 0 Å². The molecule has 0 bridgehead atoms. The summed E-state index contributed by atoms with van der Waals surface area (Å²) in [4.78, 5) is 11.0. The SMILES string of the molecule is CNc1cc(C)nc(Nc2ccc(OC)c(-n3cc(CN(C)C)cn3)c2)n1. The Balaban J connectivity index is 1.92. The minimum Gasteiger partial charge on any atom is -0.494 e. The van der Waals surface area contributed by atoms with E-state index >= 15 is 0 Å². The van der Waals surface area contributed by atoms with Crippen LogP contribution in [0.4, 0.5) is 17.5 Å². The topological polar surface area (TPSA) is 80.1 Å². The lowest BCUT2D eigenvalue weighted by atomic mass is 10.2. The van der Waals surface area contributed by atoms with Gasteiger partial charge in [-0.25, -0.2) is 9.67 Å². The normalized spacial score (nSPS) is 10.9. The Morgan fingerprint density at radius 3 is 2.70 bits per heavy atom. The summed E-state index contributed by atoms with van der Waals surface area (Å²) >= 11 is 0. The number of nitrogens with zero attached hydrogens (tertiary/aromatic N) is 5. The van der Waals surface area contributed by atoms with Crippen molar-refractivity contribution in [2.45, 2.75) is 13.5 Å². The number of ether oxygens (including phenoxy) is 1. The van der Waals surface area contributed by atoms with Crippen LogP contribution in [0.15, 0.2) is 36.7 Å². The van der Waals surface area contributed by atoms with E-state index in [2.05, 4.69) is 30.6 Å². The van der Waals surface area contributed by atoms with Gasteiger partial charge in [0, 0.05) is 42.8 Å². The number of aryl methyl sites for hydroxylation is 1. The van der Waals surface area contributed by atoms with Crippen molar-refractivity contribution in [3.8, 4) is 11.4 Å². The molecule has 0 spiro atoms. The van der Waals surface area contributed by atoms with E-state index in [-0.39, 0.29) is 0 Å². The highest BCUT2D eigenvalue weighted by atomic mass is 16.5. The maximum atomic E-state index is 5.51. The van der Waals surface area contributed by atoms with Crippen molar-refractivity contribution < 1.29 is 4.74 Å². The predicted molar refractivity (Wildman–Crippen MR) is 107 cm³/mol. The maximum absolute atomic E-state index is 5.51. The zero-order valence-corrected chi connectivity index (χ0v) is 16.3. The molecule has 0 atom stereocenters. The lowest BCUT2D eigenvalue weighted by molar-refractivity contribution is 0.402. The molecule has 2 heterocycles. The van der Waals surface area contributed by atoms with Crippen molar-refractivity contribution in [1.29, 1.82) is 0 Å². The number of hydrogen-bond donors (Lipinski definition) is 2. The molecule has 0 saturated heterocycles. The molecule has 8 nitrogen and oxygen atoms in total. The molecular formula is C19H25N7O. The first-order valence-corrected chi connectivity index (χ1v) is 8.65. The fourth-order valence-electron chi connectivity index (χ4n) is 2.77. The van der Waals surface area contributed by atoms with Gasteiger partial charge in [0.1, 0.15) is 17.3 Å². The van der Waals surface area contributed by atoms with Crippen LogP contribution in [0.2, 0.25) is 0 Å². The van der Waals surface area contributed by atoms with E-state index in [4.69, 9.17) is 4.74 Å². The Kier molecular flexibility index (Phi) is 5.56. The van der Waals surface area contributed by atoms with E-state index in [0.29, 0.717) is 5.95 Å². The summed E-state index contributed by atoms with van der Waals surface area (Å²) in [5.41, 5.74) is 3.70. The smallest absolute Gasteiger partial charge is 0.229 e. The molecule has 0 aliphatic rings. The van der Waals surface area contributed by atoms with E-state index < -0.39 is 0 Å². The summed E-state index contributed by atoms with van der Waals surface area (Å²) in [6.07, 6.45) is 3.87. The first-order valence-electron chi connectivity index (χ1n) is 8.65. The summed E-state index contributed by atoms with van der Waals surface area (Å²) in [6, 6.07) is 7.69. The molecule has 142 valence electrons. The number of hydrogen-bond acceptors (Lipinski definition) is 7. The number of benzene rings is 1. The third kappa shape index (κ3) is 4.53. The molecule has 1 aromatic carbocycles. The van der Waals surface area contributed by atoms with Crippen LogP contribution in [0, 0.1) is 6.92 Å². The fraction of sp³-hybridized carbons (Fsp3) is 0.316. The Bertz CT molecular complexity index is 920. The van der Waals surface area contributed by atoms with Gasteiger partial charge in [0.25, 0.3) is 0 Å². The van der Waals surface area contributed by atoms with Gasteiger partial charge in [-0.1, -0.05) is 0 Å². The highest BCUT2D eigenvalue weighted by Gasteiger charge is 2.10. The molecule has 0 fully saturated rings. The molecule has 0 aliphatic heterocycles. The third-order valence-electron chi connectivity index (χ3n) is 3.93. The van der Waals surface area contributed by atoms with Gasteiger partial charge >= 0.3 is 0 Å². The quantitative estimate of drug-likeness (QED) is 0.665. The average molecular weight is 367 g/mol. The molecule has 0 saturated carbocycles. The van der Waals surface area contributed by atoms with Crippen molar-refractivity contribution in [2.24, 2.45) is 0 Å². The van der Waals surface area contributed by atoms with Crippen LogP contribution in [0.1, 0.15) is 11.3 Å². The second-order valence-electron chi connectivity index (χ2n) is 6.51. The second-order valence-corrected chi connectivity index (χ2v) is 6.51. The zero-order chi connectivity index (χ0) is 19.4. The van der Waals surface area contributed by atoms with Crippen LogP contribution in [0.5, 0.6) is 5.75 Å². The second kappa shape index (κ2) is 8.05. The Labute approximate surface area is 159 Å². The molecular weight excluding hydrogens is 342 g/mol. The number of rotatable bonds is 7. The van der Waals surface area contributed by atoms with Gasteiger partial charge in [0.05, 0.1) is 13.3 Å².